The molecule has 1 aliphatic heterocycles. The first-order valence-electron chi connectivity index (χ1n) is 9.21. The molecule has 5 nitrogen and oxygen atoms in total. The lowest BCUT2D eigenvalue weighted by Gasteiger charge is -2.32. The number of thiazole rings is 1. The highest BCUT2D eigenvalue weighted by molar-refractivity contribution is 14.0. The van der Waals surface area contributed by atoms with E-state index in [9.17, 15) is 0 Å². The van der Waals surface area contributed by atoms with Crippen molar-refractivity contribution in [3.05, 3.63) is 38.5 Å². The zero-order valence-corrected chi connectivity index (χ0v) is 20.3. The van der Waals surface area contributed by atoms with Crippen LogP contribution in [-0.2, 0) is 13.1 Å². The van der Waals surface area contributed by atoms with Gasteiger partial charge in [0.1, 0.15) is 0 Å². The molecule has 8 heteroatoms. The number of nitrogens with one attached hydrogen (secondary N) is 1. The topological polar surface area (TPSA) is 43.8 Å². The summed E-state index contributed by atoms with van der Waals surface area (Å²) < 4.78 is 0. The quantitative estimate of drug-likeness (QED) is 0.356. The third-order valence-corrected chi connectivity index (χ3v) is 6.54. The minimum Gasteiger partial charge on any atom is -0.356 e. The van der Waals surface area contributed by atoms with Crippen molar-refractivity contribution in [1.29, 1.82) is 0 Å². The molecular formula is C19H30IN5S2. The molecule has 1 aliphatic rings. The molecule has 1 N–H and O–H groups in total. The third-order valence-electron chi connectivity index (χ3n) is 4.85. The second kappa shape index (κ2) is 11.3. The molecule has 0 spiro atoms. The zero-order chi connectivity index (χ0) is 18.4. The number of hydrogen-bond acceptors (Lipinski definition) is 5. The molecule has 0 aliphatic carbocycles. The summed E-state index contributed by atoms with van der Waals surface area (Å²) in [5, 5.41) is 8.97. The van der Waals surface area contributed by atoms with E-state index in [0.29, 0.717) is 0 Å². The van der Waals surface area contributed by atoms with Crippen LogP contribution in [0.2, 0.25) is 0 Å². The van der Waals surface area contributed by atoms with Gasteiger partial charge in [0, 0.05) is 37.4 Å². The van der Waals surface area contributed by atoms with Crippen molar-refractivity contribution in [3.63, 3.8) is 0 Å². The van der Waals surface area contributed by atoms with Gasteiger partial charge in [-0.2, -0.15) is 0 Å². The smallest absolute Gasteiger partial charge is 0.193 e. The summed E-state index contributed by atoms with van der Waals surface area (Å²) in [5.41, 5.74) is 1.11. The molecule has 0 unspecified atom stereocenters. The van der Waals surface area contributed by atoms with Crippen LogP contribution in [0, 0.1) is 12.8 Å². The van der Waals surface area contributed by atoms with Crippen LogP contribution in [0.4, 0.5) is 0 Å². The van der Waals surface area contributed by atoms with E-state index in [-0.39, 0.29) is 24.0 Å². The third kappa shape index (κ3) is 6.99. The van der Waals surface area contributed by atoms with Gasteiger partial charge in [-0.15, -0.1) is 46.7 Å². The summed E-state index contributed by atoms with van der Waals surface area (Å²) in [6.45, 7) is 7.33. The van der Waals surface area contributed by atoms with Crippen molar-refractivity contribution in [2.45, 2.75) is 32.9 Å². The summed E-state index contributed by atoms with van der Waals surface area (Å²) in [4.78, 5) is 15.2. The minimum atomic E-state index is 0. The molecule has 2 aromatic heterocycles. The Morgan fingerprint density at radius 1 is 1.37 bits per heavy atom. The molecule has 3 heterocycles. The predicted octanol–water partition coefficient (Wildman–Crippen LogP) is 4.05. The maximum Gasteiger partial charge on any atom is 0.193 e. The molecular weight excluding hydrogens is 489 g/mol. The van der Waals surface area contributed by atoms with Crippen molar-refractivity contribution in [3.8, 4) is 0 Å². The van der Waals surface area contributed by atoms with Crippen molar-refractivity contribution < 1.29 is 0 Å². The van der Waals surface area contributed by atoms with Gasteiger partial charge in [-0.05, 0) is 50.2 Å². The maximum absolute atomic E-state index is 4.55. The van der Waals surface area contributed by atoms with Gasteiger partial charge in [0.2, 0.25) is 0 Å². The van der Waals surface area contributed by atoms with Crippen LogP contribution in [0.25, 0.3) is 0 Å². The Hall–Kier alpha value is -0.710. The van der Waals surface area contributed by atoms with Crippen molar-refractivity contribution in [2.75, 3.05) is 33.7 Å². The SMILES string of the molecule is CN=C(NCC1CCN(Cc2cccs2)CC1)N(C)Cc1csc(C)n1.I. The number of hydrogen-bond donors (Lipinski definition) is 1. The van der Waals surface area contributed by atoms with Crippen LogP contribution in [0.15, 0.2) is 27.9 Å². The van der Waals surface area contributed by atoms with Gasteiger partial charge in [-0.3, -0.25) is 9.89 Å². The molecule has 0 atom stereocenters. The molecule has 1 saturated heterocycles. The minimum absolute atomic E-state index is 0. The second-order valence-electron chi connectivity index (χ2n) is 6.94. The number of piperidine rings is 1. The van der Waals surface area contributed by atoms with Crippen LogP contribution in [0.1, 0.15) is 28.4 Å². The molecule has 27 heavy (non-hydrogen) atoms. The fourth-order valence-corrected chi connectivity index (χ4v) is 4.74. The van der Waals surface area contributed by atoms with E-state index in [0.717, 1.165) is 42.2 Å². The number of thiophene rings is 1. The normalized spacial score (nSPS) is 16.2. The summed E-state index contributed by atoms with van der Waals surface area (Å²) in [6, 6.07) is 4.38. The van der Waals surface area contributed by atoms with Crippen LogP contribution in [0.3, 0.4) is 0 Å². The number of guanidine groups is 1. The number of aliphatic imine (C=N–C) groups is 1. The molecule has 1 fully saturated rings. The van der Waals surface area contributed by atoms with E-state index >= 15 is 0 Å². The lowest BCUT2D eigenvalue weighted by Crippen LogP contribution is -2.43. The number of aryl methyl sites for hydroxylation is 1. The Bertz CT molecular complexity index is 693. The first-order valence-corrected chi connectivity index (χ1v) is 11.0. The van der Waals surface area contributed by atoms with Crippen LogP contribution < -0.4 is 5.32 Å². The van der Waals surface area contributed by atoms with Crippen molar-refractivity contribution in [2.24, 2.45) is 10.9 Å². The summed E-state index contributed by atoms with van der Waals surface area (Å²) >= 11 is 3.56. The van der Waals surface area contributed by atoms with Gasteiger partial charge < -0.3 is 10.2 Å². The van der Waals surface area contributed by atoms with Gasteiger partial charge in [0.05, 0.1) is 17.2 Å². The Morgan fingerprint density at radius 2 is 2.15 bits per heavy atom. The predicted molar refractivity (Wildman–Crippen MR) is 127 cm³/mol. The van der Waals surface area contributed by atoms with Gasteiger partial charge >= 0.3 is 0 Å². The fourth-order valence-electron chi connectivity index (χ4n) is 3.39. The summed E-state index contributed by atoms with van der Waals surface area (Å²) in [5.74, 6) is 1.68. The highest BCUT2D eigenvalue weighted by Crippen LogP contribution is 2.20. The molecule has 0 bridgehead atoms. The lowest BCUT2D eigenvalue weighted by molar-refractivity contribution is 0.179. The van der Waals surface area contributed by atoms with E-state index in [1.54, 1.807) is 11.3 Å². The average Bonchev–Trinajstić information content (AvgIpc) is 3.29. The standard InChI is InChI=1S/C19H29N5S2.HI/c1-15-22-17(14-26-15)12-23(3)19(20-2)21-11-16-6-8-24(9-7-16)13-18-5-4-10-25-18;/h4-5,10,14,16H,6-9,11-13H2,1-3H3,(H,20,21);1H. The van der Waals surface area contributed by atoms with Gasteiger partial charge in [0.25, 0.3) is 0 Å². The first-order chi connectivity index (χ1) is 12.6. The monoisotopic (exact) mass is 519 g/mol. The van der Waals surface area contributed by atoms with E-state index < -0.39 is 0 Å². The highest BCUT2D eigenvalue weighted by Gasteiger charge is 2.20. The van der Waals surface area contributed by atoms with E-state index in [2.05, 4.69) is 55.0 Å². The molecule has 2 aromatic rings. The van der Waals surface area contributed by atoms with Crippen LogP contribution in [0.5, 0.6) is 0 Å². The van der Waals surface area contributed by atoms with Gasteiger partial charge in [-0.25, -0.2) is 4.98 Å². The van der Waals surface area contributed by atoms with Crippen LogP contribution >= 0.6 is 46.7 Å². The highest BCUT2D eigenvalue weighted by atomic mass is 127. The largest absolute Gasteiger partial charge is 0.356 e. The Kier molecular flexibility index (Phi) is 9.47. The number of aromatic nitrogens is 1. The molecule has 0 aromatic carbocycles. The Balaban J connectivity index is 0.00000261. The Labute approximate surface area is 187 Å². The molecule has 0 radical (unpaired) electrons. The average molecular weight is 520 g/mol. The van der Waals surface area contributed by atoms with Gasteiger partial charge in [0.15, 0.2) is 5.96 Å². The Morgan fingerprint density at radius 3 is 2.74 bits per heavy atom. The first kappa shape index (κ1) is 22.6. The molecule has 150 valence electrons. The number of nitrogens with zero attached hydrogens (tertiary/aromatic N) is 4. The molecule has 0 saturated carbocycles. The number of rotatable bonds is 6. The molecule has 3 rings (SSSR count). The fraction of sp³-hybridized carbons (Fsp3) is 0.579. The van der Waals surface area contributed by atoms with E-state index in [4.69, 9.17) is 0 Å². The molecule has 0 amide bonds. The van der Waals surface area contributed by atoms with E-state index in [1.165, 1.54) is 30.8 Å². The summed E-state index contributed by atoms with van der Waals surface area (Å²) in [6.07, 6.45) is 2.51. The van der Waals surface area contributed by atoms with Gasteiger partial charge in [-0.1, -0.05) is 6.07 Å². The van der Waals surface area contributed by atoms with Crippen molar-refractivity contribution >= 4 is 52.6 Å². The van der Waals surface area contributed by atoms with Crippen LogP contribution in [-0.4, -0.2) is 54.5 Å². The number of likely N-dealkylation sites (tertiary alicyclic amines) is 1. The number of halogens is 1. The zero-order valence-electron chi connectivity index (χ0n) is 16.4. The summed E-state index contributed by atoms with van der Waals surface area (Å²) in [7, 11) is 3.93. The maximum atomic E-state index is 4.55. The van der Waals surface area contributed by atoms with Crippen molar-refractivity contribution in [1.82, 2.24) is 20.1 Å². The van der Waals surface area contributed by atoms with E-state index in [1.807, 2.05) is 25.3 Å². The second-order valence-corrected chi connectivity index (χ2v) is 9.04. The lowest BCUT2D eigenvalue weighted by atomic mass is 9.97.